The first-order chi connectivity index (χ1) is 9.74. The zero-order valence-corrected chi connectivity index (χ0v) is 11.2. The van der Waals surface area contributed by atoms with Crippen LogP contribution < -0.4 is 0 Å². The Morgan fingerprint density at radius 2 is 1.75 bits per heavy atom. The van der Waals surface area contributed by atoms with Gasteiger partial charge in [0.2, 0.25) is 0 Å². The van der Waals surface area contributed by atoms with E-state index in [-0.39, 0.29) is 12.1 Å². The lowest BCUT2D eigenvalue weighted by Crippen LogP contribution is -2.09. The maximum absolute atomic E-state index is 12.1. The molecule has 3 heteroatoms. The quantitative estimate of drug-likeness (QED) is 0.725. The molecule has 0 aliphatic carbocycles. The Morgan fingerprint density at radius 3 is 2.50 bits per heavy atom. The minimum Gasteiger partial charge on any atom is -0.453 e. The molecule has 0 amide bonds. The van der Waals surface area contributed by atoms with Crippen LogP contribution in [0.5, 0.6) is 0 Å². The third-order valence-corrected chi connectivity index (χ3v) is 3.30. The van der Waals surface area contributed by atoms with Gasteiger partial charge < -0.3 is 9.72 Å². The van der Waals surface area contributed by atoms with Gasteiger partial charge in [0.1, 0.15) is 11.8 Å². The van der Waals surface area contributed by atoms with Crippen LogP contribution in [-0.4, -0.2) is 11.0 Å². The summed E-state index contributed by atoms with van der Waals surface area (Å²) < 4.78 is 5.48. The van der Waals surface area contributed by atoms with Gasteiger partial charge in [0.15, 0.2) is 0 Å². The highest BCUT2D eigenvalue weighted by atomic mass is 16.5. The van der Waals surface area contributed by atoms with Crippen LogP contribution in [0.3, 0.4) is 0 Å². The molecule has 1 N–H and O–H groups in total. The minimum atomic E-state index is -0.336. The Hall–Kier alpha value is -2.55. The van der Waals surface area contributed by atoms with Crippen molar-refractivity contribution >= 4 is 16.9 Å². The molecule has 3 nitrogen and oxygen atoms in total. The summed E-state index contributed by atoms with van der Waals surface area (Å²) in [6, 6.07) is 19.3. The van der Waals surface area contributed by atoms with Gasteiger partial charge in [-0.15, -0.1) is 0 Å². The number of carbonyl (C=O) groups excluding carboxylic acids is 1. The van der Waals surface area contributed by atoms with E-state index in [9.17, 15) is 4.79 Å². The summed E-state index contributed by atoms with van der Waals surface area (Å²) in [6.07, 6.45) is -0.268. The predicted molar refractivity (Wildman–Crippen MR) is 78.6 cm³/mol. The monoisotopic (exact) mass is 265 g/mol. The van der Waals surface area contributed by atoms with Gasteiger partial charge in [0.05, 0.1) is 0 Å². The highest BCUT2D eigenvalue weighted by Gasteiger charge is 2.15. The molecule has 0 fully saturated rings. The second-order valence-electron chi connectivity index (χ2n) is 4.73. The number of aromatic amines is 1. The summed E-state index contributed by atoms with van der Waals surface area (Å²) in [4.78, 5) is 15.2. The van der Waals surface area contributed by atoms with E-state index >= 15 is 0 Å². The lowest BCUT2D eigenvalue weighted by molar-refractivity contribution is 0.0332. The number of ether oxygens (including phenoxy) is 1. The van der Waals surface area contributed by atoms with Crippen molar-refractivity contribution < 1.29 is 9.53 Å². The Balaban J connectivity index is 1.79. The molecule has 0 unspecified atom stereocenters. The van der Waals surface area contributed by atoms with Gasteiger partial charge in [-0.05, 0) is 24.6 Å². The summed E-state index contributed by atoms with van der Waals surface area (Å²) in [5.74, 6) is -0.336. The van der Waals surface area contributed by atoms with Crippen LogP contribution in [0.4, 0.5) is 0 Å². The molecule has 0 spiro atoms. The number of hydrogen-bond acceptors (Lipinski definition) is 2. The molecule has 0 saturated heterocycles. The molecule has 100 valence electrons. The molecular formula is C17H15NO2. The van der Waals surface area contributed by atoms with Crippen molar-refractivity contribution in [3.05, 3.63) is 71.9 Å². The second kappa shape index (κ2) is 5.21. The summed E-state index contributed by atoms with van der Waals surface area (Å²) >= 11 is 0. The number of esters is 1. The molecule has 0 aliphatic heterocycles. The Kier molecular flexibility index (Phi) is 3.25. The highest BCUT2D eigenvalue weighted by molar-refractivity contribution is 5.94. The van der Waals surface area contributed by atoms with Crippen molar-refractivity contribution in [2.24, 2.45) is 0 Å². The van der Waals surface area contributed by atoms with E-state index in [1.54, 1.807) is 0 Å². The van der Waals surface area contributed by atoms with Crippen LogP contribution in [-0.2, 0) is 4.74 Å². The molecule has 0 aliphatic rings. The lowest BCUT2D eigenvalue weighted by Gasteiger charge is -2.12. The van der Waals surface area contributed by atoms with Gasteiger partial charge >= 0.3 is 5.97 Å². The van der Waals surface area contributed by atoms with E-state index < -0.39 is 0 Å². The zero-order valence-electron chi connectivity index (χ0n) is 11.2. The van der Waals surface area contributed by atoms with Crippen molar-refractivity contribution in [2.75, 3.05) is 0 Å². The summed E-state index contributed by atoms with van der Waals surface area (Å²) in [5.41, 5.74) is 2.40. The van der Waals surface area contributed by atoms with Crippen molar-refractivity contribution in [3.8, 4) is 0 Å². The number of carbonyl (C=O) groups is 1. The van der Waals surface area contributed by atoms with Crippen LogP contribution in [0.25, 0.3) is 10.9 Å². The smallest absolute Gasteiger partial charge is 0.355 e. The normalized spacial score (nSPS) is 12.2. The third-order valence-electron chi connectivity index (χ3n) is 3.30. The highest BCUT2D eigenvalue weighted by Crippen LogP contribution is 2.20. The fourth-order valence-electron chi connectivity index (χ4n) is 2.20. The van der Waals surface area contributed by atoms with E-state index in [0.717, 1.165) is 16.5 Å². The summed E-state index contributed by atoms with van der Waals surface area (Å²) in [5, 5.41) is 1.01. The molecule has 3 aromatic rings. The molecule has 1 heterocycles. The van der Waals surface area contributed by atoms with Crippen LogP contribution in [0.1, 0.15) is 29.1 Å². The molecular weight excluding hydrogens is 250 g/mol. The molecule has 1 atom stereocenters. The van der Waals surface area contributed by atoms with Gasteiger partial charge in [-0.25, -0.2) is 4.79 Å². The van der Waals surface area contributed by atoms with Crippen LogP contribution in [0.15, 0.2) is 60.7 Å². The fraction of sp³-hybridized carbons (Fsp3) is 0.118. The van der Waals surface area contributed by atoms with Crippen LogP contribution >= 0.6 is 0 Å². The van der Waals surface area contributed by atoms with E-state index in [0.29, 0.717) is 5.69 Å². The average Bonchev–Trinajstić information content (AvgIpc) is 2.92. The number of para-hydroxylation sites is 1. The third kappa shape index (κ3) is 2.43. The first-order valence-corrected chi connectivity index (χ1v) is 6.58. The number of hydrogen-bond donors (Lipinski definition) is 1. The Morgan fingerprint density at radius 1 is 1.05 bits per heavy atom. The standard InChI is InChI=1S/C17H15NO2/c1-12(13-7-3-2-4-8-13)20-17(19)16-11-14-9-5-6-10-15(14)18-16/h2-12,18H,1H3/t12-/m0/s1. The minimum absolute atomic E-state index is 0.268. The van der Waals surface area contributed by atoms with Crippen LogP contribution in [0.2, 0.25) is 0 Å². The lowest BCUT2D eigenvalue weighted by atomic mass is 10.1. The molecule has 20 heavy (non-hydrogen) atoms. The van der Waals surface area contributed by atoms with E-state index in [4.69, 9.17) is 4.74 Å². The fourth-order valence-corrected chi connectivity index (χ4v) is 2.20. The van der Waals surface area contributed by atoms with E-state index in [1.807, 2.05) is 67.6 Å². The zero-order chi connectivity index (χ0) is 13.9. The largest absolute Gasteiger partial charge is 0.453 e. The van der Waals surface area contributed by atoms with Gasteiger partial charge in [-0.2, -0.15) is 0 Å². The number of aromatic nitrogens is 1. The average molecular weight is 265 g/mol. The van der Waals surface area contributed by atoms with Crippen molar-refractivity contribution in [1.29, 1.82) is 0 Å². The van der Waals surface area contributed by atoms with Gasteiger partial charge in [0.25, 0.3) is 0 Å². The van der Waals surface area contributed by atoms with Crippen molar-refractivity contribution in [3.63, 3.8) is 0 Å². The van der Waals surface area contributed by atoms with Crippen LogP contribution in [0, 0.1) is 0 Å². The second-order valence-corrected chi connectivity index (χ2v) is 4.73. The maximum Gasteiger partial charge on any atom is 0.355 e. The molecule has 1 aromatic heterocycles. The molecule has 0 radical (unpaired) electrons. The van der Waals surface area contributed by atoms with Crippen molar-refractivity contribution in [2.45, 2.75) is 13.0 Å². The number of H-pyrrole nitrogens is 1. The van der Waals surface area contributed by atoms with Crippen molar-refractivity contribution in [1.82, 2.24) is 4.98 Å². The molecule has 3 rings (SSSR count). The van der Waals surface area contributed by atoms with E-state index in [2.05, 4.69) is 4.98 Å². The molecule has 0 saturated carbocycles. The van der Waals surface area contributed by atoms with E-state index in [1.165, 1.54) is 0 Å². The summed E-state index contributed by atoms with van der Waals surface area (Å²) in [6.45, 7) is 1.87. The van der Waals surface area contributed by atoms with Gasteiger partial charge in [0, 0.05) is 10.9 Å². The molecule has 2 aromatic carbocycles. The maximum atomic E-state index is 12.1. The number of fused-ring (bicyclic) bond motifs is 1. The van der Waals surface area contributed by atoms with Gasteiger partial charge in [-0.3, -0.25) is 0 Å². The Labute approximate surface area is 117 Å². The topological polar surface area (TPSA) is 42.1 Å². The first kappa shape index (κ1) is 12.5. The number of rotatable bonds is 3. The van der Waals surface area contributed by atoms with Gasteiger partial charge in [-0.1, -0.05) is 48.5 Å². The first-order valence-electron chi connectivity index (χ1n) is 6.58. The SMILES string of the molecule is C[C@H](OC(=O)c1cc2ccccc2[nH]1)c1ccccc1. The molecule has 0 bridgehead atoms. The number of benzene rings is 2. The summed E-state index contributed by atoms with van der Waals surface area (Å²) in [7, 11) is 0. The predicted octanol–water partition coefficient (Wildman–Crippen LogP) is 4.09. The Bertz CT molecular complexity index is 698. The number of nitrogens with one attached hydrogen (secondary N) is 1.